The van der Waals surface area contributed by atoms with Crippen molar-refractivity contribution in [1.29, 1.82) is 0 Å². The molecule has 0 nitrogen and oxygen atoms in total. The lowest BCUT2D eigenvalue weighted by molar-refractivity contribution is 0.556. The van der Waals surface area contributed by atoms with Crippen LogP contribution in [0.5, 0.6) is 0 Å². The lowest BCUT2D eigenvalue weighted by Gasteiger charge is -2.04. The molecule has 72 heavy (non-hydrogen) atoms. The molecule has 0 N–H and O–H groups in total. The molecule has 0 spiro atoms. The fraction of sp³-hybridized carbons (Fsp3) is 0.706. The first kappa shape index (κ1) is 64.6. The van der Waals surface area contributed by atoms with E-state index in [2.05, 4.69) is 97.8 Å². The molecule has 0 bridgehead atoms. The summed E-state index contributed by atoms with van der Waals surface area (Å²) >= 11 is 7.65. The SMILES string of the molecule is CCCCCCCCCCCCc1ccsc1C=Cc1sccc1CCCCCCCCCCCC.CCCCCCCCCCCCc1ccsc1C=Cc1sccc1CCCCCCCCCCCC. The summed E-state index contributed by atoms with van der Waals surface area (Å²) in [6.45, 7) is 9.20. The molecule has 0 saturated carbocycles. The largest absolute Gasteiger partial charge is 0.144 e. The first-order chi connectivity index (χ1) is 35.7. The Morgan fingerprint density at radius 1 is 0.222 bits per heavy atom. The second-order valence-electron chi connectivity index (χ2n) is 21.6. The maximum Gasteiger partial charge on any atom is 0.0302 e. The number of thiophene rings is 4. The van der Waals surface area contributed by atoms with Crippen LogP contribution in [0.2, 0.25) is 0 Å². The molecule has 0 fully saturated rings. The highest BCUT2D eigenvalue weighted by Crippen LogP contribution is 2.28. The zero-order valence-electron chi connectivity index (χ0n) is 47.7. The van der Waals surface area contributed by atoms with Crippen molar-refractivity contribution in [2.75, 3.05) is 0 Å². The second kappa shape index (κ2) is 47.7. The molecule has 0 amide bonds. The van der Waals surface area contributed by atoms with Crippen LogP contribution in [0.4, 0.5) is 0 Å². The lowest BCUT2D eigenvalue weighted by Crippen LogP contribution is -1.87. The minimum atomic E-state index is 1.25. The average Bonchev–Trinajstić information content (AvgIpc) is 4.24. The first-order valence-corrected chi connectivity index (χ1v) is 34.8. The molecular weight excluding hydrogens is 945 g/mol. The van der Waals surface area contributed by atoms with Crippen molar-refractivity contribution < 1.29 is 0 Å². The predicted octanol–water partition coefficient (Wildman–Crippen LogP) is 25.8. The second-order valence-corrected chi connectivity index (χ2v) is 25.4. The van der Waals surface area contributed by atoms with E-state index < -0.39 is 0 Å². The summed E-state index contributed by atoms with van der Waals surface area (Å²) in [5, 5.41) is 9.13. The van der Waals surface area contributed by atoms with Crippen LogP contribution >= 0.6 is 45.3 Å². The molecule has 0 atom stereocenters. The minimum Gasteiger partial charge on any atom is -0.144 e. The van der Waals surface area contributed by atoms with E-state index in [1.165, 1.54) is 302 Å². The van der Waals surface area contributed by atoms with Gasteiger partial charge in [-0.2, -0.15) is 0 Å². The highest BCUT2D eigenvalue weighted by atomic mass is 32.1. The van der Waals surface area contributed by atoms with Crippen LogP contribution in [0.1, 0.15) is 326 Å². The van der Waals surface area contributed by atoms with E-state index in [0.29, 0.717) is 0 Å². The lowest BCUT2D eigenvalue weighted by atomic mass is 10.0. The van der Waals surface area contributed by atoms with Crippen LogP contribution < -0.4 is 0 Å². The summed E-state index contributed by atoms with van der Waals surface area (Å²) in [4.78, 5) is 5.90. The van der Waals surface area contributed by atoms with Crippen LogP contribution in [0.25, 0.3) is 24.3 Å². The molecule has 408 valence electrons. The third kappa shape index (κ3) is 33.3. The van der Waals surface area contributed by atoms with Crippen molar-refractivity contribution >= 4 is 69.7 Å². The molecular formula is C68H112S4. The average molecular weight is 1060 g/mol. The van der Waals surface area contributed by atoms with E-state index in [1.807, 2.05) is 45.3 Å². The Kier molecular flexibility index (Phi) is 42.8. The van der Waals surface area contributed by atoms with Gasteiger partial charge in [-0.1, -0.05) is 259 Å². The molecule has 0 unspecified atom stereocenters. The highest BCUT2D eigenvalue weighted by Gasteiger charge is 2.07. The molecule has 0 saturated heterocycles. The summed E-state index contributed by atoms with van der Waals surface area (Å²) in [6, 6.07) is 9.43. The van der Waals surface area contributed by atoms with Crippen molar-refractivity contribution in [3.8, 4) is 0 Å². The molecule has 0 radical (unpaired) electrons. The summed E-state index contributed by atoms with van der Waals surface area (Å²) in [5.74, 6) is 0. The first-order valence-electron chi connectivity index (χ1n) is 31.3. The van der Waals surface area contributed by atoms with Crippen molar-refractivity contribution in [3.63, 3.8) is 0 Å². The van der Waals surface area contributed by atoms with Gasteiger partial charge in [-0.25, -0.2) is 0 Å². The molecule has 0 aliphatic heterocycles. The van der Waals surface area contributed by atoms with Gasteiger partial charge in [0.15, 0.2) is 0 Å². The van der Waals surface area contributed by atoms with Gasteiger partial charge < -0.3 is 0 Å². The molecule has 4 heteroatoms. The van der Waals surface area contributed by atoms with Crippen molar-refractivity contribution in [3.05, 3.63) is 87.5 Å². The van der Waals surface area contributed by atoms with E-state index in [-0.39, 0.29) is 0 Å². The molecule has 4 aromatic heterocycles. The van der Waals surface area contributed by atoms with Gasteiger partial charge in [-0.05, 0) is 144 Å². The minimum absolute atomic E-state index is 1.25. The standard InChI is InChI=1S/2C34H56S2/c2*1-3-5-7-9-11-13-15-17-19-21-23-31-27-29-35-33(31)25-26-34-32(28-30-36-34)24-22-20-18-16-14-12-10-8-6-4-2/h2*25-30H,3-24H2,1-2H3. The number of unbranched alkanes of at least 4 members (excludes halogenated alkanes) is 36. The Morgan fingerprint density at radius 2 is 0.375 bits per heavy atom. The van der Waals surface area contributed by atoms with E-state index in [9.17, 15) is 0 Å². The van der Waals surface area contributed by atoms with Crippen LogP contribution in [0.15, 0.2) is 45.8 Å². The zero-order chi connectivity index (χ0) is 51.0. The van der Waals surface area contributed by atoms with Crippen molar-refractivity contribution in [1.82, 2.24) is 0 Å². The monoisotopic (exact) mass is 1060 g/mol. The number of rotatable bonds is 48. The van der Waals surface area contributed by atoms with E-state index in [1.54, 1.807) is 22.3 Å². The number of hydrogen-bond acceptors (Lipinski definition) is 4. The molecule has 0 aromatic carbocycles. The van der Waals surface area contributed by atoms with Gasteiger partial charge in [-0.15, -0.1) is 45.3 Å². The Morgan fingerprint density at radius 3 is 0.542 bits per heavy atom. The Labute approximate surface area is 464 Å². The van der Waals surface area contributed by atoms with Crippen molar-refractivity contribution in [2.45, 2.75) is 310 Å². The van der Waals surface area contributed by atoms with Crippen LogP contribution in [0, 0.1) is 0 Å². The van der Waals surface area contributed by atoms with Gasteiger partial charge in [0.25, 0.3) is 0 Å². The zero-order valence-corrected chi connectivity index (χ0v) is 50.9. The third-order valence-electron chi connectivity index (χ3n) is 15.1. The van der Waals surface area contributed by atoms with Crippen LogP contribution in [-0.4, -0.2) is 0 Å². The molecule has 0 aliphatic carbocycles. The fourth-order valence-corrected chi connectivity index (χ4v) is 13.7. The maximum atomic E-state index is 2.39. The normalized spacial score (nSPS) is 11.7. The smallest absolute Gasteiger partial charge is 0.0302 e. The van der Waals surface area contributed by atoms with Gasteiger partial charge in [0, 0.05) is 19.5 Å². The van der Waals surface area contributed by atoms with Gasteiger partial charge in [0.2, 0.25) is 0 Å². The highest BCUT2D eigenvalue weighted by molar-refractivity contribution is 7.12. The number of aryl methyl sites for hydroxylation is 4. The summed E-state index contributed by atoms with van der Waals surface area (Å²) in [5.41, 5.74) is 6.24. The van der Waals surface area contributed by atoms with E-state index in [0.717, 1.165) is 0 Å². The third-order valence-corrected chi connectivity index (χ3v) is 18.8. The van der Waals surface area contributed by atoms with Crippen LogP contribution in [0.3, 0.4) is 0 Å². The van der Waals surface area contributed by atoms with Gasteiger partial charge in [0.05, 0.1) is 0 Å². The summed E-state index contributed by atoms with van der Waals surface area (Å²) < 4.78 is 0. The van der Waals surface area contributed by atoms with Crippen molar-refractivity contribution in [2.24, 2.45) is 0 Å². The topological polar surface area (TPSA) is 0 Å². The quantitative estimate of drug-likeness (QED) is 0.0387. The maximum absolute atomic E-state index is 2.39. The fourth-order valence-electron chi connectivity index (χ4n) is 10.3. The van der Waals surface area contributed by atoms with Gasteiger partial charge in [-0.3, -0.25) is 0 Å². The molecule has 4 heterocycles. The molecule has 4 rings (SSSR count). The Bertz CT molecular complexity index is 1530. The summed E-state index contributed by atoms with van der Waals surface area (Å²) in [7, 11) is 0. The Balaban J connectivity index is 0.000000380. The van der Waals surface area contributed by atoms with Crippen LogP contribution in [-0.2, 0) is 25.7 Å². The Hall–Kier alpha value is -1.72. The van der Waals surface area contributed by atoms with E-state index in [4.69, 9.17) is 0 Å². The predicted molar refractivity (Wildman–Crippen MR) is 337 cm³/mol. The summed E-state index contributed by atoms with van der Waals surface area (Å²) in [6.07, 6.45) is 71.1. The molecule has 4 aromatic rings. The number of hydrogen-bond donors (Lipinski definition) is 0. The van der Waals surface area contributed by atoms with Gasteiger partial charge >= 0.3 is 0 Å². The molecule has 0 aliphatic rings. The van der Waals surface area contributed by atoms with E-state index >= 15 is 0 Å². The van der Waals surface area contributed by atoms with Gasteiger partial charge in [0.1, 0.15) is 0 Å².